The molecule has 0 unspecified atom stereocenters. The number of amides is 1. The summed E-state index contributed by atoms with van der Waals surface area (Å²) in [6.45, 7) is 2.14. The van der Waals surface area contributed by atoms with Crippen LogP contribution in [-0.4, -0.2) is 25.2 Å². The van der Waals surface area contributed by atoms with Gasteiger partial charge in [0.1, 0.15) is 11.5 Å². The molecule has 2 N–H and O–H groups in total. The number of rotatable bonds is 8. The number of thiocarbonyl (C=S) groups is 1. The van der Waals surface area contributed by atoms with Gasteiger partial charge in [-0.1, -0.05) is 26.2 Å². The summed E-state index contributed by atoms with van der Waals surface area (Å²) in [5, 5.41) is 5.90. The predicted molar refractivity (Wildman–Crippen MR) is 92.7 cm³/mol. The van der Waals surface area contributed by atoms with Crippen LogP contribution in [-0.2, 0) is 4.79 Å². The highest BCUT2D eigenvalue weighted by molar-refractivity contribution is 7.80. The summed E-state index contributed by atoms with van der Waals surface area (Å²) >= 11 is 5.16. The normalized spacial score (nSPS) is 9.95. The van der Waals surface area contributed by atoms with Crippen LogP contribution in [0.25, 0.3) is 0 Å². The average molecular weight is 324 g/mol. The second-order valence-electron chi connectivity index (χ2n) is 4.88. The van der Waals surface area contributed by atoms with E-state index in [9.17, 15) is 4.79 Å². The largest absolute Gasteiger partial charge is 0.497 e. The molecule has 22 heavy (non-hydrogen) atoms. The van der Waals surface area contributed by atoms with Crippen molar-refractivity contribution < 1.29 is 14.3 Å². The zero-order chi connectivity index (χ0) is 16.4. The van der Waals surface area contributed by atoms with Crippen molar-refractivity contribution in [1.82, 2.24) is 5.32 Å². The zero-order valence-electron chi connectivity index (χ0n) is 13.4. The van der Waals surface area contributed by atoms with Crippen molar-refractivity contribution in [3.05, 3.63) is 18.2 Å². The lowest BCUT2D eigenvalue weighted by molar-refractivity contribution is -0.119. The summed E-state index contributed by atoms with van der Waals surface area (Å²) in [7, 11) is 3.16. The smallest absolute Gasteiger partial charge is 0.226 e. The van der Waals surface area contributed by atoms with Crippen LogP contribution in [0, 0.1) is 0 Å². The highest BCUT2D eigenvalue weighted by atomic mass is 32.1. The van der Waals surface area contributed by atoms with Gasteiger partial charge in [0.25, 0.3) is 0 Å². The van der Waals surface area contributed by atoms with E-state index in [1.54, 1.807) is 32.4 Å². The number of anilines is 1. The predicted octanol–water partition coefficient (Wildman–Crippen LogP) is 3.49. The number of methoxy groups -OCH3 is 2. The first-order valence-corrected chi connectivity index (χ1v) is 7.84. The Morgan fingerprint density at radius 3 is 2.59 bits per heavy atom. The number of carbonyl (C=O) groups excluding carboxylic acids is 1. The lowest BCUT2D eigenvalue weighted by Gasteiger charge is -2.13. The number of ether oxygens (including phenoxy) is 2. The lowest BCUT2D eigenvalue weighted by Crippen LogP contribution is -2.34. The molecule has 0 radical (unpaired) electrons. The number of hydrogen-bond donors (Lipinski definition) is 2. The molecule has 0 aliphatic heterocycles. The highest BCUT2D eigenvalue weighted by Crippen LogP contribution is 2.28. The van der Waals surface area contributed by atoms with E-state index in [-0.39, 0.29) is 11.0 Å². The summed E-state index contributed by atoms with van der Waals surface area (Å²) < 4.78 is 10.4. The molecule has 0 bridgehead atoms. The minimum Gasteiger partial charge on any atom is -0.497 e. The Bertz CT molecular complexity index is 506. The minimum atomic E-state index is -0.0736. The molecule has 0 aliphatic rings. The molecule has 0 aliphatic carbocycles. The van der Waals surface area contributed by atoms with Crippen LogP contribution in [0.1, 0.15) is 39.0 Å². The van der Waals surface area contributed by atoms with Crippen molar-refractivity contribution in [2.24, 2.45) is 0 Å². The van der Waals surface area contributed by atoms with Gasteiger partial charge >= 0.3 is 0 Å². The van der Waals surface area contributed by atoms with E-state index in [1.807, 2.05) is 0 Å². The summed E-state index contributed by atoms with van der Waals surface area (Å²) in [4.78, 5) is 11.8. The van der Waals surface area contributed by atoms with Crippen molar-refractivity contribution in [2.75, 3.05) is 19.5 Å². The van der Waals surface area contributed by atoms with Gasteiger partial charge in [-0.3, -0.25) is 4.79 Å². The minimum absolute atomic E-state index is 0.0736. The van der Waals surface area contributed by atoms with Gasteiger partial charge in [0, 0.05) is 12.5 Å². The molecule has 1 amide bonds. The maximum Gasteiger partial charge on any atom is 0.226 e. The van der Waals surface area contributed by atoms with E-state index in [2.05, 4.69) is 17.6 Å². The fourth-order valence-electron chi connectivity index (χ4n) is 1.97. The molecule has 0 atom stereocenters. The van der Waals surface area contributed by atoms with Crippen molar-refractivity contribution in [1.29, 1.82) is 0 Å². The van der Waals surface area contributed by atoms with Crippen LogP contribution >= 0.6 is 12.2 Å². The lowest BCUT2D eigenvalue weighted by atomic mass is 10.1. The summed E-state index contributed by atoms with van der Waals surface area (Å²) in [6, 6.07) is 5.33. The van der Waals surface area contributed by atoms with Crippen LogP contribution in [0.5, 0.6) is 11.5 Å². The number of hydrogen-bond acceptors (Lipinski definition) is 4. The van der Waals surface area contributed by atoms with Gasteiger partial charge in [0.15, 0.2) is 5.11 Å². The molecule has 0 saturated heterocycles. The third-order valence-corrected chi connectivity index (χ3v) is 3.37. The molecule has 0 heterocycles. The highest BCUT2D eigenvalue weighted by Gasteiger charge is 2.09. The number of carbonyl (C=O) groups is 1. The second kappa shape index (κ2) is 10.00. The van der Waals surface area contributed by atoms with Crippen LogP contribution in [0.4, 0.5) is 5.69 Å². The van der Waals surface area contributed by atoms with Gasteiger partial charge in [0.2, 0.25) is 5.91 Å². The molecule has 0 aromatic heterocycles. The molecule has 1 rings (SSSR count). The topological polar surface area (TPSA) is 59.6 Å². The van der Waals surface area contributed by atoms with Gasteiger partial charge in [-0.05, 0) is 30.8 Å². The van der Waals surface area contributed by atoms with Gasteiger partial charge in [-0.25, -0.2) is 0 Å². The number of nitrogens with one attached hydrogen (secondary N) is 2. The molecular formula is C16H24N2O3S. The van der Waals surface area contributed by atoms with Crippen molar-refractivity contribution in [3.8, 4) is 11.5 Å². The molecule has 6 heteroatoms. The molecule has 1 aromatic rings. The number of benzene rings is 1. The average Bonchev–Trinajstić information content (AvgIpc) is 2.51. The van der Waals surface area contributed by atoms with E-state index in [4.69, 9.17) is 21.7 Å². The summed E-state index contributed by atoms with van der Waals surface area (Å²) in [6.07, 6.45) is 4.73. The fraction of sp³-hybridized carbons (Fsp3) is 0.500. The first kappa shape index (κ1) is 18.2. The standard InChI is InChI=1S/C16H24N2O3S/c1-4-5-6-7-8-15(19)18-16(22)17-13-11-12(20-2)9-10-14(13)21-3/h9-11H,4-8H2,1-3H3,(H2,17,18,19,22). The maximum atomic E-state index is 11.8. The first-order valence-electron chi connectivity index (χ1n) is 7.43. The molecule has 0 spiro atoms. The third-order valence-electron chi connectivity index (χ3n) is 3.17. The summed E-state index contributed by atoms with van der Waals surface area (Å²) in [5.74, 6) is 1.23. The van der Waals surface area contributed by atoms with E-state index < -0.39 is 0 Å². The Balaban J connectivity index is 2.52. The third kappa shape index (κ3) is 6.30. The Hall–Kier alpha value is -1.82. The van der Waals surface area contributed by atoms with Gasteiger partial charge < -0.3 is 20.1 Å². The van der Waals surface area contributed by atoms with Crippen LogP contribution < -0.4 is 20.1 Å². The van der Waals surface area contributed by atoms with E-state index in [0.29, 0.717) is 23.6 Å². The van der Waals surface area contributed by atoms with Crippen molar-refractivity contribution in [2.45, 2.75) is 39.0 Å². The molecule has 1 aromatic carbocycles. The van der Waals surface area contributed by atoms with Gasteiger partial charge in [-0.15, -0.1) is 0 Å². The molecule has 0 saturated carbocycles. The SMILES string of the molecule is CCCCCCC(=O)NC(=S)Nc1cc(OC)ccc1OC. The molecule has 0 fully saturated rings. The Kier molecular flexibility index (Phi) is 8.28. The number of unbranched alkanes of at least 4 members (excludes halogenated alkanes) is 3. The first-order chi connectivity index (χ1) is 10.6. The van der Waals surface area contributed by atoms with Gasteiger partial charge in [0.05, 0.1) is 19.9 Å². The van der Waals surface area contributed by atoms with Crippen molar-refractivity contribution in [3.63, 3.8) is 0 Å². The quantitative estimate of drug-likeness (QED) is 0.566. The monoisotopic (exact) mass is 324 g/mol. The Morgan fingerprint density at radius 2 is 1.95 bits per heavy atom. The van der Waals surface area contributed by atoms with E-state index >= 15 is 0 Å². The molecular weight excluding hydrogens is 300 g/mol. The Morgan fingerprint density at radius 1 is 1.18 bits per heavy atom. The van der Waals surface area contributed by atoms with E-state index in [0.717, 1.165) is 25.7 Å². The van der Waals surface area contributed by atoms with E-state index in [1.165, 1.54) is 0 Å². The fourth-order valence-corrected chi connectivity index (χ4v) is 2.19. The Labute approximate surface area is 137 Å². The maximum absolute atomic E-state index is 11.8. The molecule has 122 valence electrons. The summed E-state index contributed by atoms with van der Waals surface area (Å²) in [5.41, 5.74) is 0.651. The van der Waals surface area contributed by atoms with Crippen LogP contribution in [0.3, 0.4) is 0 Å². The second-order valence-corrected chi connectivity index (χ2v) is 5.29. The zero-order valence-corrected chi connectivity index (χ0v) is 14.2. The van der Waals surface area contributed by atoms with Crippen molar-refractivity contribution >= 4 is 28.9 Å². The van der Waals surface area contributed by atoms with Crippen LogP contribution in [0.2, 0.25) is 0 Å². The van der Waals surface area contributed by atoms with Crippen LogP contribution in [0.15, 0.2) is 18.2 Å². The van der Waals surface area contributed by atoms with Gasteiger partial charge in [-0.2, -0.15) is 0 Å². The molecule has 5 nitrogen and oxygen atoms in total.